The number of guanidine groups is 1. The molecule has 6 nitrogen and oxygen atoms in total. The molecule has 0 atom stereocenters. The van der Waals surface area contributed by atoms with E-state index in [2.05, 4.69) is 39.5 Å². The van der Waals surface area contributed by atoms with Crippen LogP contribution in [0.2, 0.25) is 0 Å². The molecule has 0 bridgehead atoms. The lowest BCUT2D eigenvalue weighted by atomic mass is 9.98. The summed E-state index contributed by atoms with van der Waals surface area (Å²) < 4.78 is 24.7. The first-order chi connectivity index (χ1) is 11.5. The third-order valence-corrected chi connectivity index (χ3v) is 6.25. The van der Waals surface area contributed by atoms with Crippen LogP contribution in [0.5, 0.6) is 0 Å². The Balaban J connectivity index is 0.00000225. The van der Waals surface area contributed by atoms with E-state index in [0.29, 0.717) is 19.0 Å². The standard InChI is InChI=1S/C17H26N4O2S.HI/c1-18-17(21-12-9-15-5-3-4-6-16(15)21)19-13-14-7-10-20(11-8-14)24(2,22)23;/h3-6,14H,7-13H2,1-2H3,(H,18,19);1H. The molecule has 1 fully saturated rings. The van der Waals surface area contributed by atoms with Gasteiger partial charge in [-0.15, -0.1) is 24.0 Å². The lowest BCUT2D eigenvalue weighted by Crippen LogP contribution is -2.45. The largest absolute Gasteiger partial charge is 0.356 e. The van der Waals surface area contributed by atoms with Gasteiger partial charge in [0.2, 0.25) is 10.0 Å². The molecule has 3 rings (SSSR count). The number of aliphatic imine (C=N–C) groups is 1. The molecular weight excluding hydrogens is 451 g/mol. The fourth-order valence-electron chi connectivity index (χ4n) is 3.53. The molecule has 0 unspecified atom stereocenters. The Hall–Kier alpha value is -0.870. The van der Waals surface area contributed by atoms with Gasteiger partial charge in [0, 0.05) is 38.9 Å². The number of benzene rings is 1. The fourth-order valence-corrected chi connectivity index (χ4v) is 4.41. The predicted molar refractivity (Wildman–Crippen MR) is 113 cm³/mol. The van der Waals surface area contributed by atoms with Crippen LogP contribution in [0.25, 0.3) is 0 Å². The first kappa shape index (κ1) is 20.4. The molecule has 2 heterocycles. The maximum absolute atomic E-state index is 11.6. The highest BCUT2D eigenvalue weighted by atomic mass is 127. The van der Waals surface area contributed by atoms with Crippen molar-refractivity contribution < 1.29 is 8.42 Å². The first-order valence-corrected chi connectivity index (χ1v) is 10.3. The quantitative estimate of drug-likeness (QED) is 0.410. The fraction of sp³-hybridized carbons (Fsp3) is 0.588. The van der Waals surface area contributed by atoms with Crippen molar-refractivity contribution in [2.45, 2.75) is 19.3 Å². The highest BCUT2D eigenvalue weighted by Gasteiger charge is 2.26. The normalized spacial score (nSPS) is 19.4. The van der Waals surface area contributed by atoms with Gasteiger partial charge in [-0.2, -0.15) is 0 Å². The van der Waals surface area contributed by atoms with Gasteiger partial charge in [-0.25, -0.2) is 12.7 Å². The van der Waals surface area contributed by atoms with E-state index in [1.807, 2.05) is 7.05 Å². The molecule has 8 heteroatoms. The van der Waals surface area contributed by atoms with Crippen molar-refractivity contribution in [2.75, 3.05) is 44.4 Å². The van der Waals surface area contributed by atoms with Gasteiger partial charge in [-0.1, -0.05) is 18.2 Å². The Kier molecular flexibility index (Phi) is 7.10. The average Bonchev–Trinajstić information content (AvgIpc) is 2.99. The molecule has 0 saturated carbocycles. The van der Waals surface area contributed by atoms with E-state index >= 15 is 0 Å². The van der Waals surface area contributed by atoms with Crippen molar-refractivity contribution in [3.8, 4) is 0 Å². The minimum absolute atomic E-state index is 0. The number of hydrogen-bond acceptors (Lipinski definition) is 3. The van der Waals surface area contributed by atoms with E-state index in [-0.39, 0.29) is 24.0 Å². The second-order valence-corrected chi connectivity index (χ2v) is 8.55. The Morgan fingerprint density at radius 1 is 1.24 bits per heavy atom. The van der Waals surface area contributed by atoms with Crippen molar-refractivity contribution in [1.29, 1.82) is 0 Å². The van der Waals surface area contributed by atoms with Gasteiger partial charge in [0.1, 0.15) is 0 Å². The number of halogens is 1. The molecular formula is C17H27IN4O2S. The summed E-state index contributed by atoms with van der Waals surface area (Å²) in [4.78, 5) is 6.67. The van der Waals surface area contributed by atoms with Crippen molar-refractivity contribution in [2.24, 2.45) is 10.9 Å². The van der Waals surface area contributed by atoms with Gasteiger partial charge in [0.25, 0.3) is 0 Å². The molecule has 0 spiro atoms. The van der Waals surface area contributed by atoms with Gasteiger partial charge < -0.3 is 10.2 Å². The minimum atomic E-state index is -3.05. The Morgan fingerprint density at radius 3 is 2.56 bits per heavy atom. The van der Waals surface area contributed by atoms with Crippen molar-refractivity contribution in [3.05, 3.63) is 29.8 Å². The molecule has 1 aromatic rings. The zero-order valence-electron chi connectivity index (χ0n) is 14.8. The molecule has 140 valence electrons. The summed E-state index contributed by atoms with van der Waals surface area (Å²) in [6.45, 7) is 3.03. The van der Waals surface area contributed by atoms with Crippen molar-refractivity contribution in [1.82, 2.24) is 9.62 Å². The number of nitrogens with one attached hydrogen (secondary N) is 1. The minimum Gasteiger partial charge on any atom is -0.356 e. The van der Waals surface area contributed by atoms with Gasteiger partial charge in [0.05, 0.1) is 6.26 Å². The Labute approximate surface area is 167 Å². The number of piperidine rings is 1. The number of hydrogen-bond donors (Lipinski definition) is 1. The van der Waals surface area contributed by atoms with Crippen LogP contribution in [0, 0.1) is 5.92 Å². The van der Waals surface area contributed by atoms with E-state index in [4.69, 9.17) is 0 Å². The molecule has 25 heavy (non-hydrogen) atoms. The van der Waals surface area contributed by atoms with E-state index in [1.54, 1.807) is 4.31 Å². The zero-order valence-corrected chi connectivity index (χ0v) is 18.0. The van der Waals surface area contributed by atoms with Gasteiger partial charge in [-0.3, -0.25) is 4.99 Å². The van der Waals surface area contributed by atoms with Gasteiger partial charge in [-0.05, 0) is 36.8 Å². The summed E-state index contributed by atoms with van der Waals surface area (Å²) in [5, 5.41) is 3.48. The lowest BCUT2D eigenvalue weighted by molar-refractivity contribution is 0.275. The second kappa shape index (κ2) is 8.68. The number of anilines is 1. The number of fused-ring (bicyclic) bond motifs is 1. The second-order valence-electron chi connectivity index (χ2n) is 6.56. The lowest BCUT2D eigenvalue weighted by Gasteiger charge is -2.31. The molecule has 0 aliphatic carbocycles. The monoisotopic (exact) mass is 478 g/mol. The topological polar surface area (TPSA) is 65.0 Å². The van der Waals surface area contributed by atoms with Crippen LogP contribution in [0.3, 0.4) is 0 Å². The van der Waals surface area contributed by atoms with E-state index in [0.717, 1.165) is 38.3 Å². The summed E-state index contributed by atoms with van der Waals surface area (Å²) in [5.41, 5.74) is 2.60. The number of rotatable bonds is 3. The molecule has 2 aliphatic rings. The van der Waals surface area contributed by atoms with E-state index < -0.39 is 10.0 Å². The number of sulfonamides is 1. The molecule has 1 aromatic carbocycles. The van der Waals surface area contributed by atoms with Crippen LogP contribution in [0.4, 0.5) is 5.69 Å². The summed E-state index contributed by atoms with van der Waals surface area (Å²) in [6, 6.07) is 8.45. The highest BCUT2D eigenvalue weighted by Crippen LogP contribution is 2.27. The van der Waals surface area contributed by atoms with Crippen molar-refractivity contribution in [3.63, 3.8) is 0 Å². The first-order valence-electron chi connectivity index (χ1n) is 8.50. The average molecular weight is 478 g/mol. The number of nitrogens with zero attached hydrogens (tertiary/aromatic N) is 3. The molecule has 1 saturated heterocycles. The van der Waals surface area contributed by atoms with Crippen LogP contribution < -0.4 is 10.2 Å². The van der Waals surface area contributed by atoms with Crippen molar-refractivity contribution >= 4 is 45.6 Å². The molecule has 2 aliphatic heterocycles. The SMILES string of the molecule is CN=C(NCC1CCN(S(C)(=O)=O)CC1)N1CCc2ccccc21.I. The molecule has 0 amide bonds. The predicted octanol–water partition coefficient (Wildman–Crippen LogP) is 1.91. The summed E-state index contributed by atoms with van der Waals surface area (Å²) in [6.07, 6.45) is 4.13. The Morgan fingerprint density at radius 2 is 1.92 bits per heavy atom. The van der Waals surface area contributed by atoms with Crippen LogP contribution in [0.1, 0.15) is 18.4 Å². The van der Waals surface area contributed by atoms with Gasteiger partial charge >= 0.3 is 0 Å². The maximum Gasteiger partial charge on any atom is 0.211 e. The zero-order chi connectivity index (χ0) is 17.2. The maximum atomic E-state index is 11.6. The van der Waals surface area contributed by atoms with E-state index in [9.17, 15) is 8.42 Å². The Bertz CT molecular complexity index is 715. The van der Waals surface area contributed by atoms with Crippen LogP contribution in [-0.4, -0.2) is 58.2 Å². The summed E-state index contributed by atoms with van der Waals surface area (Å²) in [7, 11) is -1.24. The third kappa shape index (κ3) is 4.85. The molecule has 1 N–H and O–H groups in total. The summed E-state index contributed by atoms with van der Waals surface area (Å²) in [5.74, 6) is 1.39. The number of para-hydroxylation sites is 1. The van der Waals surface area contributed by atoms with Crippen LogP contribution in [-0.2, 0) is 16.4 Å². The third-order valence-electron chi connectivity index (χ3n) is 4.95. The van der Waals surface area contributed by atoms with Gasteiger partial charge in [0.15, 0.2) is 5.96 Å². The molecule has 0 aromatic heterocycles. The molecule has 0 radical (unpaired) electrons. The highest BCUT2D eigenvalue weighted by molar-refractivity contribution is 14.0. The van der Waals surface area contributed by atoms with E-state index in [1.165, 1.54) is 17.5 Å². The smallest absolute Gasteiger partial charge is 0.211 e. The van der Waals surface area contributed by atoms with Crippen LogP contribution >= 0.6 is 24.0 Å². The van der Waals surface area contributed by atoms with Crippen LogP contribution in [0.15, 0.2) is 29.3 Å². The summed E-state index contributed by atoms with van der Waals surface area (Å²) >= 11 is 0.